The molecule has 1 fully saturated rings. The maximum absolute atomic E-state index is 11.2. The van der Waals surface area contributed by atoms with Crippen LogP contribution in [0.1, 0.15) is 0 Å². The van der Waals surface area contributed by atoms with E-state index in [0.717, 1.165) is 10.2 Å². The zero-order valence-corrected chi connectivity index (χ0v) is 8.95. The molecule has 14 heavy (non-hydrogen) atoms. The standard InChI is InChI=1S/C9H9BrN2O2/c10-7-5-6(1-2-8(7)11)12-3-4-14-9(12)13/h1-2,5H,3-4,11H2. The Balaban J connectivity index is 2.32. The van der Waals surface area contributed by atoms with Crippen molar-refractivity contribution >= 4 is 33.4 Å². The molecule has 0 atom stereocenters. The minimum absolute atomic E-state index is 0.304. The lowest BCUT2D eigenvalue weighted by atomic mass is 10.2. The lowest BCUT2D eigenvalue weighted by Crippen LogP contribution is -2.23. The van der Waals surface area contributed by atoms with Crippen LogP contribution in [0.5, 0.6) is 0 Å². The van der Waals surface area contributed by atoms with Gasteiger partial charge >= 0.3 is 6.09 Å². The molecular formula is C9H9BrN2O2. The topological polar surface area (TPSA) is 55.6 Å². The third-order valence-electron chi connectivity index (χ3n) is 2.06. The largest absolute Gasteiger partial charge is 0.447 e. The van der Waals surface area contributed by atoms with Crippen molar-refractivity contribution in [3.63, 3.8) is 0 Å². The van der Waals surface area contributed by atoms with Gasteiger partial charge in [-0.3, -0.25) is 4.90 Å². The second-order valence-corrected chi connectivity index (χ2v) is 3.83. The van der Waals surface area contributed by atoms with Crippen LogP contribution in [0.15, 0.2) is 22.7 Å². The Bertz CT molecular complexity index is 381. The van der Waals surface area contributed by atoms with Gasteiger partial charge in [-0.25, -0.2) is 4.79 Å². The van der Waals surface area contributed by atoms with E-state index in [-0.39, 0.29) is 6.09 Å². The number of carbonyl (C=O) groups excluding carboxylic acids is 1. The summed E-state index contributed by atoms with van der Waals surface area (Å²) in [6, 6.07) is 5.36. The summed E-state index contributed by atoms with van der Waals surface area (Å²) in [5.41, 5.74) is 7.09. The van der Waals surface area contributed by atoms with E-state index in [4.69, 9.17) is 10.5 Å². The van der Waals surface area contributed by atoms with E-state index in [9.17, 15) is 4.79 Å². The highest BCUT2D eigenvalue weighted by atomic mass is 79.9. The number of nitrogens with two attached hydrogens (primary N) is 1. The third-order valence-corrected chi connectivity index (χ3v) is 2.74. The van der Waals surface area contributed by atoms with Crippen LogP contribution in [0, 0.1) is 0 Å². The minimum atomic E-state index is -0.304. The fourth-order valence-electron chi connectivity index (χ4n) is 1.31. The number of amides is 1. The molecule has 74 valence electrons. The van der Waals surface area contributed by atoms with Gasteiger partial charge in [0.15, 0.2) is 0 Å². The van der Waals surface area contributed by atoms with Gasteiger partial charge in [0.2, 0.25) is 0 Å². The molecule has 4 nitrogen and oxygen atoms in total. The molecule has 1 saturated heterocycles. The number of hydrogen-bond acceptors (Lipinski definition) is 3. The minimum Gasteiger partial charge on any atom is -0.447 e. The first kappa shape index (κ1) is 9.33. The molecule has 0 radical (unpaired) electrons. The van der Waals surface area contributed by atoms with Crippen molar-refractivity contribution in [1.29, 1.82) is 0 Å². The monoisotopic (exact) mass is 256 g/mol. The lowest BCUT2D eigenvalue weighted by molar-refractivity contribution is 0.181. The van der Waals surface area contributed by atoms with Gasteiger partial charge in [-0.1, -0.05) is 0 Å². The van der Waals surface area contributed by atoms with Crippen molar-refractivity contribution in [2.24, 2.45) is 0 Å². The number of nitrogens with zero attached hydrogens (tertiary/aromatic N) is 1. The van der Waals surface area contributed by atoms with Gasteiger partial charge in [0.1, 0.15) is 6.61 Å². The zero-order valence-electron chi connectivity index (χ0n) is 7.37. The van der Waals surface area contributed by atoms with E-state index in [1.165, 1.54) is 0 Å². The molecule has 0 aromatic heterocycles. The molecule has 2 N–H and O–H groups in total. The molecule has 0 bridgehead atoms. The number of cyclic esters (lactones) is 1. The average molecular weight is 257 g/mol. The summed E-state index contributed by atoms with van der Waals surface area (Å²) in [4.78, 5) is 12.8. The number of ether oxygens (including phenoxy) is 1. The lowest BCUT2D eigenvalue weighted by Gasteiger charge is -2.13. The summed E-state index contributed by atoms with van der Waals surface area (Å²) in [5, 5.41) is 0. The molecule has 1 heterocycles. The summed E-state index contributed by atoms with van der Waals surface area (Å²) in [5.74, 6) is 0. The van der Waals surface area contributed by atoms with Crippen LogP contribution in [-0.2, 0) is 4.74 Å². The smallest absolute Gasteiger partial charge is 0.414 e. The fraction of sp³-hybridized carbons (Fsp3) is 0.222. The van der Waals surface area contributed by atoms with Crippen molar-refractivity contribution < 1.29 is 9.53 Å². The maximum Gasteiger partial charge on any atom is 0.414 e. The van der Waals surface area contributed by atoms with Crippen molar-refractivity contribution in [3.8, 4) is 0 Å². The van der Waals surface area contributed by atoms with Gasteiger partial charge in [0.25, 0.3) is 0 Å². The van der Waals surface area contributed by atoms with Gasteiger partial charge in [0.05, 0.1) is 6.54 Å². The average Bonchev–Trinajstić information content (AvgIpc) is 2.57. The van der Waals surface area contributed by atoms with Crippen molar-refractivity contribution in [2.45, 2.75) is 0 Å². The number of halogens is 1. The first-order valence-electron chi connectivity index (χ1n) is 4.18. The predicted octanol–water partition coefficient (Wildman–Crippen LogP) is 1.99. The summed E-state index contributed by atoms with van der Waals surface area (Å²) < 4.78 is 5.62. The quantitative estimate of drug-likeness (QED) is 0.782. The molecule has 1 aromatic rings. The predicted molar refractivity (Wildman–Crippen MR) is 57.2 cm³/mol. The molecular weight excluding hydrogens is 248 g/mol. The fourth-order valence-corrected chi connectivity index (χ4v) is 1.68. The number of nitrogen functional groups attached to an aromatic ring is 1. The van der Waals surface area contributed by atoms with Crippen molar-refractivity contribution in [3.05, 3.63) is 22.7 Å². The molecule has 1 aliphatic heterocycles. The second kappa shape index (κ2) is 3.49. The summed E-state index contributed by atoms with van der Waals surface area (Å²) in [7, 11) is 0. The van der Waals surface area contributed by atoms with Crippen LogP contribution in [0.4, 0.5) is 16.2 Å². The van der Waals surface area contributed by atoms with Gasteiger partial charge in [-0.2, -0.15) is 0 Å². The van der Waals surface area contributed by atoms with E-state index in [2.05, 4.69) is 15.9 Å². The van der Waals surface area contributed by atoms with Crippen LogP contribution in [-0.4, -0.2) is 19.2 Å². The first-order valence-corrected chi connectivity index (χ1v) is 4.97. The van der Waals surface area contributed by atoms with Crippen LogP contribution in [0.3, 0.4) is 0 Å². The van der Waals surface area contributed by atoms with Crippen LogP contribution >= 0.6 is 15.9 Å². The normalized spacial score (nSPS) is 15.8. The Morgan fingerprint density at radius 3 is 2.86 bits per heavy atom. The van der Waals surface area contributed by atoms with E-state index in [1.54, 1.807) is 17.0 Å². The highest BCUT2D eigenvalue weighted by molar-refractivity contribution is 9.10. The zero-order chi connectivity index (χ0) is 10.1. The molecule has 1 aromatic carbocycles. The van der Waals surface area contributed by atoms with E-state index in [1.807, 2.05) is 6.07 Å². The Labute approximate surface area is 89.8 Å². The Morgan fingerprint density at radius 2 is 2.29 bits per heavy atom. The number of rotatable bonds is 1. The molecule has 1 aliphatic rings. The van der Waals surface area contributed by atoms with E-state index >= 15 is 0 Å². The molecule has 5 heteroatoms. The first-order chi connectivity index (χ1) is 6.68. The molecule has 0 saturated carbocycles. The van der Waals surface area contributed by atoms with Gasteiger partial charge in [-0.15, -0.1) is 0 Å². The molecule has 0 spiro atoms. The summed E-state index contributed by atoms with van der Waals surface area (Å²) >= 11 is 3.31. The summed E-state index contributed by atoms with van der Waals surface area (Å²) in [6.45, 7) is 1.04. The third kappa shape index (κ3) is 1.55. The number of carbonyl (C=O) groups is 1. The highest BCUT2D eigenvalue weighted by Crippen LogP contribution is 2.27. The van der Waals surface area contributed by atoms with Crippen LogP contribution < -0.4 is 10.6 Å². The maximum atomic E-state index is 11.2. The number of benzene rings is 1. The van der Waals surface area contributed by atoms with Crippen molar-refractivity contribution in [2.75, 3.05) is 23.8 Å². The molecule has 0 aliphatic carbocycles. The van der Waals surface area contributed by atoms with Gasteiger partial charge in [0, 0.05) is 15.8 Å². The van der Waals surface area contributed by atoms with E-state index < -0.39 is 0 Å². The van der Waals surface area contributed by atoms with Crippen LogP contribution in [0.2, 0.25) is 0 Å². The highest BCUT2D eigenvalue weighted by Gasteiger charge is 2.23. The molecule has 2 rings (SSSR count). The van der Waals surface area contributed by atoms with Gasteiger partial charge in [-0.05, 0) is 34.1 Å². The SMILES string of the molecule is Nc1ccc(N2CCOC2=O)cc1Br. The molecule has 1 amide bonds. The second-order valence-electron chi connectivity index (χ2n) is 2.97. The van der Waals surface area contributed by atoms with Gasteiger partial charge < -0.3 is 10.5 Å². The summed E-state index contributed by atoms with van der Waals surface area (Å²) in [6.07, 6.45) is -0.304. The Kier molecular flexibility index (Phi) is 2.33. The van der Waals surface area contributed by atoms with Crippen molar-refractivity contribution in [1.82, 2.24) is 0 Å². The number of anilines is 2. The Morgan fingerprint density at radius 1 is 1.50 bits per heavy atom. The number of hydrogen-bond donors (Lipinski definition) is 1. The van der Waals surface area contributed by atoms with E-state index in [0.29, 0.717) is 18.8 Å². The molecule has 0 unspecified atom stereocenters. The van der Waals surface area contributed by atoms with Crippen LogP contribution in [0.25, 0.3) is 0 Å². The Hall–Kier alpha value is -1.23.